The Labute approximate surface area is 154 Å². The average molecular weight is 375 g/mol. The van der Waals surface area contributed by atoms with Gasteiger partial charge in [0.05, 0.1) is 31.1 Å². The molecule has 0 aromatic rings. The fourth-order valence-corrected chi connectivity index (χ4v) is 4.54. The minimum absolute atomic E-state index is 0.00532. The lowest BCUT2D eigenvalue weighted by Gasteiger charge is -2.39. The Balaban J connectivity index is 3.09. The second kappa shape index (κ2) is 7.84. The molecule has 3 atom stereocenters. The van der Waals surface area contributed by atoms with E-state index in [0.29, 0.717) is 13.2 Å². The minimum Gasteiger partial charge on any atom is -0.376 e. The molecule has 0 amide bonds. The Morgan fingerprint density at radius 1 is 1.24 bits per heavy atom. The summed E-state index contributed by atoms with van der Waals surface area (Å²) in [6, 6.07) is -0.321. The molecule has 3 unspecified atom stereocenters. The standard InChI is InChI=1S/C18H36N3O3S/c1-14-10-19-20(11-14)12-16(13-24-15(2)17(3,4)5)21(18(6,7)8)25(9,22)23/h10-11,14-16H,12-13H2,1-9H3/q+1. The highest BCUT2D eigenvalue weighted by atomic mass is 32.2. The van der Waals surface area contributed by atoms with Gasteiger partial charge in [-0.15, -0.1) is 0 Å². The van der Waals surface area contributed by atoms with Gasteiger partial charge in [-0.1, -0.05) is 25.5 Å². The van der Waals surface area contributed by atoms with E-state index in [9.17, 15) is 8.42 Å². The molecule has 1 aliphatic heterocycles. The molecule has 0 aromatic heterocycles. The Hall–Kier alpha value is -0.790. The van der Waals surface area contributed by atoms with Crippen LogP contribution in [0.4, 0.5) is 0 Å². The van der Waals surface area contributed by atoms with E-state index in [-0.39, 0.29) is 23.5 Å². The van der Waals surface area contributed by atoms with Gasteiger partial charge in [0.1, 0.15) is 6.04 Å². The van der Waals surface area contributed by atoms with E-state index in [2.05, 4.69) is 32.8 Å². The van der Waals surface area contributed by atoms with Crippen LogP contribution in [-0.4, -0.2) is 66.9 Å². The molecule has 0 saturated carbocycles. The lowest BCUT2D eigenvalue weighted by molar-refractivity contribution is -0.532. The number of ether oxygens (including phenoxy) is 1. The van der Waals surface area contributed by atoms with Crippen LogP contribution in [0.3, 0.4) is 0 Å². The summed E-state index contributed by atoms with van der Waals surface area (Å²) in [5.41, 5.74) is -0.545. The van der Waals surface area contributed by atoms with Crippen LogP contribution in [-0.2, 0) is 14.8 Å². The molecule has 0 fully saturated rings. The lowest BCUT2D eigenvalue weighted by Crippen LogP contribution is -2.55. The van der Waals surface area contributed by atoms with Crippen molar-refractivity contribution in [1.29, 1.82) is 0 Å². The zero-order chi connectivity index (χ0) is 19.6. The first-order valence-electron chi connectivity index (χ1n) is 8.89. The Morgan fingerprint density at radius 2 is 1.80 bits per heavy atom. The Morgan fingerprint density at radius 3 is 2.16 bits per heavy atom. The summed E-state index contributed by atoms with van der Waals surface area (Å²) in [4.78, 5) is 0. The zero-order valence-electron chi connectivity index (χ0n) is 17.3. The largest absolute Gasteiger partial charge is 0.376 e. The van der Waals surface area contributed by atoms with E-state index in [0.717, 1.165) is 0 Å². The maximum absolute atomic E-state index is 12.5. The maximum Gasteiger partial charge on any atom is 0.212 e. The molecule has 0 saturated heterocycles. The molecule has 1 heterocycles. The highest BCUT2D eigenvalue weighted by Gasteiger charge is 2.40. The highest BCUT2D eigenvalue weighted by Crippen LogP contribution is 2.25. The molecule has 0 bridgehead atoms. The van der Waals surface area contributed by atoms with Crippen LogP contribution in [0.25, 0.3) is 0 Å². The lowest BCUT2D eigenvalue weighted by atomic mass is 9.90. The van der Waals surface area contributed by atoms with Crippen LogP contribution in [0.1, 0.15) is 55.4 Å². The summed E-state index contributed by atoms with van der Waals surface area (Å²) >= 11 is 0. The highest BCUT2D eigenvalue weighted by molar-refractivity contribution is 7.88. The Bertz CT molecular complexity index is 612. The molecule has 0 N–H and O–H groups in total. The normalized spacial score (nSPS) is 21.5. The van der Waals surface area contributed by atoms with E-state index in [4.69, 9.17) is 4.74 Å². The second-order valence-corrected chi connectivity index (χ2v) is 11.0. The molecule has 146 valence electrons. The van der Waals surface area contributed by atoms with E-state index >= 15 is 0 Å². The smallest absolute Gasteiger partial charge is 0.212 e. The molecule has 0 radical (unpaired) electrons. The van der Waals surface area contributed by atoms with Crippen LogP contribution in [0, 0.1) is 11.3 Å². The molecular weight excluding hydrogens is 338 g/mol. The molecule has 0 spiro atoms. The van der Waals surface area contributed by atoms with E-state index in [1.165, 1.54) is 6.26 Å². The molecule has 0 aliphatic carbocycles. The molecule has 6 nitrogen and oxygen atoms in total. The van der Waals surface area contributed by atoms with E-state index < -0.39 is 15.6 Å². The zero-order valence-corrected chi connectivity index (χ0v) is 18.1. The number of hydrazone groups is 1. The van der Waals surface area contributed by atoms with Gasteiger partial charge in [0.15, 0.2) is 12.8 Å². The van der Waals surface area contributed by atoms with Crippen LogP contribution in [0.2, 0.25) is 0 Å². The minimum atomic E-state index is -3.40. The monoisotopic (exact) mass is 374 g/mol. The summed E-state index contributed by atoms with van der Waals surface area (Å²) in [5, 5.41) is 4.35. The van der Waals surface area contributed by atoms with Crippen LogP contribution in [0.5, 0.6) is 0 Å². The van der Waals surface area contributed by atoms with E-state index in [1.807, 2.05) is 44.8 Å². The third-order valence-electron chi connectivity index (χ3n) is 4.36. The summed E-state index contributed by atoms with van der Waals surface area (Å²) < 4.78 is 34.5. The van der Waals surface area contributed by atoms with Gasteiger partial charge in [-0.05, 0) is 45.1 Å². The summed E-state index contributed by atoms with van der Waals surface area (Å²) in [5.74, 6) is 0.261. The average Bonchev–Trinajstić information content (AvgIpc) is 2.76. The van der Waals surface area contributed by atoms with Gasteiger partial charge in [-0.2, -0.15) is 4.31 Å². The van der Waals surface area contributed by atoms with Gasteiger partial charge in [0.2, 0.25) is 10.0 Å². The molecule has 7 heteroatoms. The SMILES string of the molecule is CC1C=N[N+](CC(COC(C)C(C)(C)C)N(C(C)(C)C)S(C)(=O)=O)=C1. The summed E-state index contributed by atoms with van der Waals surface area (Å²) in [6.07, 6.45) is 5.14. The number of hydrogen-bond donors (Lipinski definition) is 0. The number of sulfonamides is 1. The van der Waals surface area contributed by atoms with Crippen molar-refractivity contribution < 1.29 is 17.8 Å². The van der Waals surface area contributed by atoms with Gasteiger partial charge < -0.3 is 4.74 Å². The van der Waals surface area contributed by atoms with Crippen molar-refractivity contribution in [2.45, 2.75) is 73.1 Å². The van der Waals surface area contributed by atoms with Crippen molar-refractivity contribution >= 4 is 22.5 Å². The predicted octanol–water partition coefficient (Wildman–Crippen LogP) is 2.59. The predicted molar refractivity (Wildman–Crippen MR) is 104 cm³/mol. The third-order valence-corrected chi connectivity index (χ3v) is 5.92. The van der Waals surface area contributed by atoms with Crippen LogP contribution in [0.15, 0.2) is 5.10 Å². The fourth-order valence-electron chi connectivity index (χ4n) is 2.88. The maximum atomic E-state index is 12.5. The summed E-state index contributed by atoms with van der Waals surface area (Å²) in [7, 11) is -3.40. The molecule has 25 heavy (non-hydrogen) atoms. The molecule has 1 aliphatic rings. The van der Waals surface area contributed by atoms with E-state index in [1.54, 1.807) is 4.31 Å². The number of nitrogens with zero attached hydrogens (tertiary/aromatic N) is 3. The molecule has 1 rings (SSSR count). The molecule has 0 aromatic carbocycles. The Kier molecular flexibility index (Phi) is 6.98. The van der Waals surface area contributed by atoms with Crippen LogP contribution < -0.4 is 0 Å². The quantitative estimate of drug-likeness (QED) is 0.644. The number of rotatable bonds is 7. The van der Waals surface area contributed by atoms with Crippen molar-refractivity contribution in [3.05, 3.63) is 0 Å². The number of hydrogen-bond acceptors (Lipinski definition) is 4. The van der Waals surface area contributed by atoms with Gasteiger partial charge in [0, 0.05) is 5.54 Å². The van der Waals surface area contributed by atoms with Crippen LogP contribution >= 0.6 is 0 Å². The first kappa shape index (κ1) is 22.3. The van der Waals surface area contributed by atoms with Gasteiger partial charge in [0.25, 0.3) is 0 Å². The van der Waals surface area contributed by atoms with Crippen molar-refractivity contribution in [3.63, 3.8) is 0 Å². The first-order valence-corrected chi connectivity index (χ1v) is 10.7. The first-order chi connectivity index (χ1) is 11.1. The van der Waals surface area contributed by atoms with Crippen molar-refractivity contribution in [3.8, 4) is 0 Å². The van der Waals surface area contributed by atoms with Crippen molar-refractivity contribution in [2.24, 2.45) is 16.4 Å². The second-order valence-electron chi connectivity index (χ2n) is 9.12. The third kappa shape index (κ3) is 6.79. The van der Waals surface area contributed by atoms with Gasteiger partial charge in [-0.3, -0.25) is 0 Å². The van der Waals surface area contributed by atoms with Gasteiger partial charge >= 0.3 is 0 Å². The summed E-state index contributed by atoms with van der Waals surface area (Å²) in [6.45, 7) is 17.0. The topological polar surface area (TPSA) is 62.0 Å². The fraction of sp³-hybridized carbons (Fsp3) is 0.889. The molecular formula is C18H36N3O3S+. The van der Waals surface area contributed by atoms with Crippen molar-refractivity contribution in [1.82, 2.24) is 4.31 Å². The van der Waals surface area contributed by atoms with Crippen molar-refractivity contribution in [2.75, 3.05) is 19.4 Å². The van der Waals surface area contributed by atoms with Gasteiger partial charge in [-0.25, -0.2) is 8.42 Å².